The Morgan fingerprint density at radius 2 is 2.05 bits per heavy atom. The highest BCUT2D eigenvalue weighted by Crippen LogP contribution is 2.18. The molecule has 20 heavy (non-hydrogen) atoms. The number of rotatable bonds is 6. The van der Waals surface area contributed by atoms with Gasteiger partial charge in [-0.15, -0.1) is 0 Å². The number of nitrogens with one attached hydrogen (secondary N) is 1. The summed E-state index contributed by atoms with van der Waals surface area (Å²) < 4.78 is 0. The van der Waals surface area contributed by atoms with Gasteiger partial charge in [0.1, 0.15) is 5.82 Å². The summed E-state index contributed by atoms with van der Waals surface area (Å²) in [5.41, 5.74) is 0.377. The van der Waals surface area contributed by atoms with E-state index in [4.69, 9.17) is 0 Å². The number of aromatic carboxylic acids is 1. The number of carbonyl (C=O) groups is 1. The molecule has 1 aromatic rings. The van der Waals surface area contributed by atoms with Gasteiger partial charge in [0.15, 0.2) is 5.69 Å². The second-order valence-electron chi connectivity index (χ2n) is 6.01. The summed E-state index contributed by atoms with van der Waals surface area (Å²) in [6.07, 6.45) is 1.55. The van der Waals surface area contributed by atoms with Gasteiger partial charge in [-0.05, 0) is 27.9 Å². The number of aromatic nitrogens is 2. The van der Waals surface area contributed by atoms with Crippen LogP contribution in [0.4, 0.5) is 5.69 Å². The van der Waals surface area contributed by atoms with Crippen molar-refractivity contribution in [3.05, 3.63) is 17.7 Å². The minimum atomic E-state index is -1.04. The van der Waals surface area contributed by atoms with E-state index in [1.54, 1.807) is 6.20 Å². The van der Waals surface area contributed by atoms with Crippen LogP contribution in [-0.2, 0) is 0 Å². The Kier molecular flexibility index (Phi) is 5.05. The molecule has 6 nitrogen and oxygen atoms in total. The van der Waals surface area contributed by atoms with Gasteiger partial charge in [-0.1, -0.05) is 13.8 Å². The first kappa shape index (κ1) is 16.4. The molecule has 0 atom stereocenters. The van der Waals surface area contributed by atoms with Gasteiger partial charge < -0.3 is 15.3 Å². The maximum Gasteiger partial charge on any atom is 0.356 e. The van der Waals surface area contributed by atoms with E-state index in [0.29, 0.717) is 18.1 Å². The maximum absolute atomic E-state index is 11.3. The highest BCUT2D eigenvalue weighted by molar-refractivity contribution is 5.91. The Bertz CT molecular complexity index is 484. The molecule has 0 aliphatic carbocycles. The minimum absolute atomic E-state index is 0.0262. The van der Waals surface area contributed by atoms with E-state index in [1.807, 2.05) is 27.9 Å². The molecule has 0 saturated carbocycles. The van der Waals surface area contributed by atoms with Crippen molar-refractivity contribution in [2.24, 2.45) is 0 Å². The molecule has 112 valence electrons. The van der Waals surface area contributed by atoms with Crippen molar-refractivity contribution in [2.75, 3.05) is 26.0 Å². The lowest BCUT2D eigenvalue weighted by Gasteiger charge is -2.33. The van der Waals surface area contributed by atoms with Crippen molar-refractivity contribution >= 4 is 11.7 Å². The van der Waals surface area contributed by atoms with Crippen LogP contribution in [-0.4, -0.2) is 52.1 Å². The summed E-state index contributed by atoms with van der Waals surface area (Å²) in [4.78, 5) is 21.7. The fraction of sp³-hybridized carbons (Fsp3) is 0.643. The molecule has 1 rings (SSSR count). The predicted octanol–water partition coefficient (Wildman–Crippen LogP) is 2.05. The molecule has 6 heteroatoms. The van der Waals surface area contributed by atoms with Crippen LogP contribution >= 0.6 is 0 Å². The normalized spacial score (nSPS) is 12.0. The monoisotopic (exact) mass is 280 g/mol. The largest absolute Gasteiger partial charge is 0.476 e. The van der Waals surface area contributed by atoms with E-state index >= 15 is 0 Å². The first-order chi connectivity index (χ1) is 9.15. The van der Waals surface area contributed by atoms with E-state index < -0.39 is 5.97 Å². The van der Waals surface area contributed by atoms with Crippen LogP contribution in [0.1, 0.15) is 49.9 Å². The number of carboxylic acid groups (broad SMARTS) is 1. The van der Waals surface area contributed by atoms with Gasteiger partial charge in [-0.2, -0.15) is 0 Å². The fourth-order valence-corrected chi connectivity index (χ4v) is 1.44. The van der Waals surface area contributed by atoms with Crippen molar-refractivity contribution < 1.29 is 9.90 Å². The zero-order valence-corrected chi connectivity index (χ0v) is 13.1. The zero-order valence-electron chi connectivity index (χ0n) is 13.1. The molecular formula is C14H24N4O2. The smallest absolute Gasteiger partial charge is 0.356 e. The predicted molar refractivity (Wildman–Crippen MR) is 79.3 cm³/mol. The zero-order chi connectivity index (χ0) is 15.5. The maximum atomic E-state index is 11.3. The SMILES string of the molecule is CC(C)c1ncc(NCC(C)(C)N(C)C)c(C(=O)O)n1. The van der Waals surface area contributed by atoms with Crippen LogP contribution in [0, 0.1) is 0 Å². The molecule has 0 aromatic carbocycles. The second kappa shape index (κ2) is 6.17. The lowest BCUT2D eigenvalue weighted by atomic mass is 10.0. The standard InChI is InChI=1S/C14H24N4O2/c1-9(2)12-15-7-10(11(17-12)13(19)20)16-8-14(3,4)18(5)6/h7,9,16H,8H2,1-6H3,(H,19,20). The Labute approximate surface area is 120 Å². The molecule has 0 bridgehead atoms. The van der Waals surface area contributed by atoms with Gasteiger partial charge in [0.25, 0.3) is 0 Å². The Balaban J connectivity index is 2.98. The number of nitrogens with zero attached hydrogens (tertiary/aromatic N) is 3. The lowest BCUT2D eigenvalue weighted by molar-refractivity contribution is 0.0691. The van der Waals surface area contributed by atoms with E-state index in [1.165, 1.54) is 0 Å². The molecule has 0 radical (unpaired) electrons. The van der Waals surface area contributed by atoms with Crippen molar-refractivity contribution in [3.63, 3.8) is 0 Å². The molecule has 1 aromatic heterocycles. The lowest BCUT2D eigenvalue weighted by Crippen LogP contribution is -2.44. The van der Waals surface area contributed by atoms with E-state index in [-0.39, 0.29) is 17.2 Å². The quantitative estimate of drug-likeness (QED) is 0.830. The Morgan fingerprint density at radius 3 is 2.50 bits per heavy atom. The van der Waals surface area contributed by atoms with Gasteiger partial charge in [0.2, 0.25) is 0 Å². The van der Waals surface area contributed by atoms with Crippen LogP contribution in [0.15, 0.2) is 6.20 Å². The third-order valence-corrected chi connectivity index (χ3v) is 3.45. The Morgan fingerprint density at radius 1 is 1.45 bits per heavy atom. The van der Waals surface area contributed by atoms with E-state index in [9.17, 15) is 9.90 Å². The first-order valence-corrected chi connectivity index (χ1v) is 6.66. The van der Waals surface area contributed by atoms with Gasteiger partial charge in [-0.25, -0.2) is 14.8 Å². The van der Waals surface area contributed by atoms with Gasteiger partial charge in [0.05, 0.1) is 11.9 Å². The average molecular weight is 280 g/mol. The van der Waals surface area contributed by atoms with Crippen LogP contribution < -0.4 is 5.32 Å². The summed E-state index contributed by atoms with van der Waals surface area (Å²) >= 11 is 0. The highest BCUT2D eigenvalue weighted by atomic mass is 16.4. The van der Waals surface area contributed by atoms with Crippen LogP contribution in [0.2, 0.25) is 0 Å². The average Bonchev–Trinajstić information content (AvgIpc) is 2.35. The number of hydrogen-bond donors (Lipinski definition) is 2. The number of carboxylic acids is 1. The molecule has 0 aliphatic rings. The number of likely N-dealkylation sites (N-methyl/N-ethyl adjacent to an activating group) is 1. The summed E-state index contributed by atoms with van der Waals surface area (Å²) in [6.45, 7) is 8.62. The van der Waals surface area contributed by atoms with Gasteiger partial charge >= 0.3 is 5.97 Å². The fourth-order valence-electron chi connectivity index (χ4n) is 1.44. The molecule has 0 spiro atoms. The van der Waals surface area contributed by atoms with Crippen molar-refractivity contribution in [1.29, 1.82) is 0 Å². The van der Waals surface area contributed by atoms with Crippen molar-refractivity contribution in [3.8, 4) is 0 Å². The van der Waals surface area contributed by atoms with Crippen molar-refractivity contribution in [2.45, 2.75) is 39.2 Å². The summed E-state index contributed by atoms with van der Waals surface area (Å²) in [6, 6.07) is 0. The first-order valence-electron chi connectivity index (χ1n) is 6.66. The summed E-state index contributed by atoms with van der Waals surface area (Å²) in [5.74, 6) is -0.403. The molecule has 0 unspecified atom stereocenters. The second-order valence-corrected chi connectivity index (χ2v) is 6.01. The molecule has 2 N–H and O–H groups in total. The molecule has 0 aliphatic heterocycles. The number of anilines is 1. The highest BCUT2D eigenvalue weighted by Gasteiger charge is 2.22. The topological polar surface area (TPSA) is 78.4 Å². The van der Waals surface area contributed by atoms with Crippen LogP contribution in [0.25, 0.3) is 0 Å². The Hall–Kier alpha value is -1.69. The molecule has 0 fully saturated rings. The number of hydrogen-bond acceptors (Lipinski definition) is 5. The summed E-state index contributed by atoms with van der Waals surface area (Å²) in [7, 11) is 3.97. The molecule has 1 heterocycles. The third kappa shape index (κ3) is 3.90. The van der Waals surface area contributed by atoms with Crippen LogP contribution in [0.3, 0.4) is 0 Å². The van der Waals surface area contributed by atoms with E-state index in [0.717, 1.165) is 0 Å². The molecule has 0 amide bonds. The molecular weight excluding hydrogens is 256 g/mol. The summed E-state index contributed by atoms with van der Waals surface area (Å²) in [5, 5.41) is 12.4. The van der Waals surface area contributed by atoms with Gasteiger partial charge in [0, 0.05) is 18.0 Å². The third-order valence-electron chi connectivity index (χ3n) is 3.45. The minimum Gasteiger partial charge on any atom is -0.476 e. The van der Waals surface area contributed by atoms with E-state index in [2.05, 4.69) is 34.0 Å². The molecule has 0 saturated heterocycles. The van der Waals surface area contributed by atoms with Crippen molar-refractivity contribution in [1.82, 2.24) is 14.9 Å². The van der Waals surface area contributed by atoms with Crippen LogP contribution in [0.5, 0.6) is 0 Å². The van der Waals surface area contributed by atoms with Gasteiger partial charge in [-0.3, -0.25) is 0 Å².